The van der Waals surface area contributed by atoms with Gasteiger partial charge in [-0.3, -0.25) is 0 Å². The summed E-state index contributed by atoms with van der Waals surface area (Å²) in [5.41, 5.74) is 0. The van der Waals surface area contributed by atoms with Gasteiger partial charge in [0.1, 0.15) is 5.03 Å². The number of nitrogens with zero attached hydrogens (tertiary/aromatic N) is 1. The fourth-order valence-electron chi connectivity index (χ4n) is 0.791. The van der Waals surface area contributed by atoms with Crippen LogP contribution in [0.2, 0.25) is 0 Å². The lowest BCUT2D eigenvalue weighted by Gasteiger charge is -2.13. The molecule has 1 heterocycles. The first kappa shape index (κ1) is 11.9. The predicted molar refractivity (Wildman–Crippen MR) is 66.6 cm³/mol. The molecule has 0 radical (unpaired) electrons. The summed E-state index contributed by atoms with van der Waals surface area (Å²) < 4.78 is 0. The van der Waals surface area contributed by atoms with Crippen LogP contribution in [0.15, 0.2) is 29.4 Å². The normalized spacial score (nSPS) is 13.1. The fourth-order valence-corrected chi connectivity index (χ4v) is 3.32. The second-order valence-electron chi connectivity index (χ2n) is 3.76. The molecule has 1 aromatic heterocycles. The Bertz CT molecular complexity index is 249. The topological polar surface area (TPSA) is 12.9 Å². The van der Waals surface area contributed by atoms with E-state index in [-0.39, 0.29) is 0 Å². The zero-order valence-electron chi connectivity index (χ0n) is 8.93. The minimum atomic E-state index is 0.770. The highest BCUT2D eigenvalue weighted by Crippen LogP contribution is 2.31. The van der Waals surface area contributed by atoms with Crippen LogP contribution in [-0.4, -0.2) is 10.7 Å². The van der Waals surface area contributed by atoms with E-state index in [2.05, 4.69) is 31.8 Å². The van der Waals surface area contributed by atoms with Gasteiger partial charge in [0, 0.05) is 11.9 Å². The quantitative estimate of drug-likeness (QED) is 0.702. The largest absolute Gasteiger partial charge is 0.249 e. The lowest BCUT2D eigenvalue weighted by Crippen LogP contribution is -2.05. The maximum absolute atomic E-state index is 4.26. The van der Waals surface area contributed by atoms with E-state index in [1.807, 2.05) is 29.1 Å². The molecule has 3 heteroatoms. The average molecular weight is 227 g/mol. The molecule has 0 N–H and O–H groups in total. The Morgan fingerprint density at radius 2 is 2.07 bits per heavy atom. The molecule has 0 fully saturated rings. The Morgan fingerprint density at radius 3 is 2.64 bits per heavy atom. The van der Waals surface area contributed by atoms with Gasteiger partial charge in [-0.15, -0.1) is 0 Å². The summed E-state index contributed by atoms with van der Waals surface area (Å²) in [5.74, 6) is 2.74. The van der Waals surface area contributed by atoms with E-state index in [4.69, 9.17) is 0 Å². The van der Waals surface area contributed by atoms with Crippen molar-refractivity contribution in [3.05, 3.63) is 24.4 Å². The fraction of sp³-hybridized carbons (Fsp3) is 0.545. The van der Waals surface area contributed by atoms with Crippen LogP contribution in [0, 0.1) is 11.8 Å². The molecule has 0 spiro atoms. The summed E-state index contributed by atoms with van der Waals surface area (Å²) in [4.78, 5) is 4.26. The third kappa shape index (κ3) is 4.38. The van der Waals surface area contributed by atoms with Crippen molar-refractivity contribution in [1.82, 2.24) is 4.98 Å². The molecule has 0 aromatic carbocycles. The van der Waals surface area contributed by atoms with Crippen LogP contribution >= 0.6 is 21.6 Å². The zero-order valence-corrected chi connectivity index (χ0v) is 10.6. The molecule has 14 heavy (non-hydrogen) atoms. The average Bonchev–Trinajstić information content (AvgIpc) is 2.19. The maximum Gasteiger partial charge on any atom is 0.106 e. The molecule has 0 aliphatic rings. The summed E-state index contributed by atoms with van der Waals surface area (Å²) in [6, 6.07) is 6.03. The Balaban J connectivity index is 2.22. The van der Waals surface area contributed by atoms with Gasteiger partial charge >= 0.3 is 0 Å². The second kappa shape index (κ2) is 6.36. The van der Waals surface area contributed by atoms with Gasteiger partial charge in [0.25, 0.3) is 0 Å². The van der Waals surface area contributed by atoms with E-state index in [1.54, 1.807) is 10.8 Å². The first-order chi connectivity index (χ1) is 6.70. The van der Waals surface area contributed by atoms with Crippen LogP contribution in [0.25, 0.3) is 0 Å². The molecule has 0 bridgehead atoms. The maximum atomic E-state index is 4.26. The highest BCUT2D eigenvalue weighted by molar-refractivity contribution is 8.76. The summed E-state index contributed by atoms with van der Waals surface area (Å²) in [7, 11) is 3.67. The molecule has 0 amide bonds. The Labute approximate surface area is 94.5 Å². The van der Waals surface area contributed by atoms with Crippen molar-refractivity contribution >= 4 is 21.6 Å². The van der Waals surface area contributed by atoms with E-state index in [1.165, 1.54) is 5.75 Å². The first-order valence-electron chi connectivity index (χ1n) is 4.90. The Hall–Kier alpha value is -0.150. The second-order valence-corrected chi connectivity index (χ2v) is 6.12. The van der Waals surface area contributed by atoms with E-state index < -0.39 is 0 Å². The van der Waals surface area contributed by atoms with E-state index >= 15 is 0 Å². The Kier molecular flexibility index (Phi) is 5.41. The van der Waals surface area contributed by atoms with Crippen LogP contribution in [0.1, 0.15) is 20.8 Å². The van der Waals surface area contributed by atoms with Crippen molar-refractivity contribution in [2.24, 2.45) is 11.8 Å². The van der Waals surface area contributed by atoms with Gasteiger partial charge in [-0.25, -0.2) is 4.98 Å². The number of pyridine rings is 1. The number of hydrogen-bond acceptors (Lipinski definition) is 3. The minimum absolute atomic E-state index is 0.770. The summed E-state index contributed by atoms with van der Waals surface area (Å²) in [6.07, 6.45) is 1.84. The zero-order chi connectivity index (χ0) is 10.4. The molecule has 1 nitrogen and oxygen atoms in total. The number of rotatable bonds is 5. The highest BCUT2D eigenvalue weighted by atomic mass is 33.1. The molecule has 1 unspecified atom stereocenters. The predicted octanol–water partition coefficient (Wildman–Crippen LogP) is 4.11. The third-order valence-electron chi connectivity index (χ3n) is 2.25. The van der Waals surface area contributed by atoms with Crippen LogP contribution < -0.4 is 0 Å². The lowest BCUT2D eigenvalue weighted by atomic mass is 10.0. The number of hydrogen-bond donors (Lipinski definition) is 0. The molecule has 78 valence electrons. The smallest absolute Gasteiger partial charge is 0.106 e. The van der Waals surface area contributed by atoms with Crippen LogP contribution in [0.5, 0.6) is 0 Å². The summed E-state index contributed by atoms with van der Waals surface area (Å²) in [6.45, 7) is 6.85. The molecule has 1 atom stereocenters. The van der Waals surface area contributed by atoms with Gasteiger partial charge in [0.05, 0.1) is 0 Å². The van der Waals surface area contributed by atoms with Gasteiger partial charge in [0.2, 0.25) is 0 Å². The van der Waals surface area contributed by atoms with Crippen LogP contribution in [0.3, 0.4) is 0 Å². The van der Waals surface area contributed by atoms with Crippen LogP contribution in [-0.2, 0) is 0 Å². The van der Waals surface area contributed by atoms with Gasteiger partial charge < -0.3 is 0 Å². The molecule has 0 saturated heterocycles. The summed E-state index contributed by atoms with van der Waals surface area (Å²) >= 11 is 0. The molecule has 1 aromatic rings. The van der Waals surface area contributed by atoms with Crippen molar-refractivity contribution < 1.29 is 0 Å². The molecule has 1 rings (SSSR count). The minimum Gasteiger partial charge on any atom is -0.249 e. The molecular formula is C11H17NS2. The standard InChI is InChI=1S/C11H17NS2/c1-9(2)10(3)8-13-14-11-6-4-5-7-12-11/h4-7,9-10H,8H2,1-3H3. The third-order valence-corrected chi connectivity index (χ3v) is 4.72. The monoisotopic (exact) mass is 227 g/mol. The van der Waals surface area contributed by atoms with Crippen molar-refractivity contribution in [2.45, 2.75) is 25.8 Å². The lowest BCUT2D eigenvalue weighted by molar-refractivity contribution is 0.465. The van der Waals surface area contributed by atoms with Crippen molar-refractivity contribution in [3.63, 3.8) is 0 Å². The van der Waals surface area contributed by atoms with Gasteiger partial charge in [0.15, 0.2) is 0 Å². The van der Waals surface area contributed by atoms with Crippen molar-refractivity contribution in [2.75, 3.05) is 5.75 Å². The van der Waals surface area contributed by atoms with Crippen molar-refractivity contribution in [3.8, 4) is 0 Å². The van der Waals surface area contributed by atoms with Gasteiger partial charge in [-0.1, -0.05) is 37.6 Å². The van der Waals surface area contributed by atoms with E-state index in [0.29, 0.717) is 0 Å². The highest BCUT2D eigenvalue weighted by Gasteiger charge is 2.07. The Morgan fingerprint density at radius 1 is 1.29 bits per heavy atom. The molecule has 0 saturated carbocycles. The SMILES string of the molecule is CC(C)C(C)CSSc1ccccn1. The number of aromatic nitrogens is 1. The van der Waals surface area contributed by atoms with E-state index in [9.17, 15) is 0 Å². The van der Waals surface area contributed by atoms with Crippen LogP contribution in [0.4, 0.5) is 0 Å². The first-order valence-corrected chi connectivity index (χ1v) is 7.22. The van der Waals surface area contributed by atoms with Crippen molar-refractivity contribution in [1.29, 1.82) is 0 Å². The van der Waals surface area contributed by atoms with E-state index in [0.717, 1.165) is 16.9 Å². The molecular weight excluding hydrogens is 210 g/mol. The summed E-state index contributed by atoms with van der Waals surface area (Å²) in [5, 5.41) is 1.11. The molecule has 0 aliphatic carbocycles. The van der Waals surface area contributed by atoms with Gasteiger partial charge in [-0.2, -0.15) is 0 Å². The molecule has 0 aliphatic heterocycles. The van der Waals surface area contributed by atoms with Gasteiger partial charge in [-0.05, 0) is 34.8 Å².